The summed E-state index contributed by atoms with van der Waals surface area (Å²) in [5.74, 6) is 0.505. The third-order valence-electron chi connectivity index (χ3n) is 6.79. The van der Waals surface area contributed by atoms with Crippen LogP contribution < -0.4 is 0 Å². The molecule has 38 heavy (non-hydrogen) atoms. The second kappa shape index (κ2) is 16.6. The van der Waals surface area contributed by atoms with Crippen LogP contribution in [0.3, 0.4) is 0 Å². The van der Waals surface area contributed by atoms with Gasteiger partial charge in [0.1, 0.15) is 5.82 Å². The van der Waals surface area contributed by atoms with E-state index < -0.39 is 0 Å². The van der Waals surface area contributed by atoms with Crippen molar-refractivity contribution < 1.29 is 4.39 Å². The highest BCUT2D eigenvalue weighted by Gasteiger charge is 2.13. The van der Waals surface area contributed by atoms with Gasteiger partial charge in [0.2, 0.25) is 0 Å². The Bertz CT molecular complexity index is 1130. The van der Waals surface area contributed by atoms with Crippen LogP contribution in [0.2, 0.25) is 0 Å². The summed E-state index contributed by atoms with van der Waals surface area (Å²) in [6.07, 6.45) is 10.9. The highest BCUT2D eigenvalue weighted by molar-refractivity contribution is 5.82. The van der Waals surface area contributed by atoms with E-state index in [-0.39, 0.29) is 5.82 Å². The number of benzene rings is 3. The smallest absolute Gasteiger partial charge is 0.123 e. The van der Waals surface area contributed by atoms with Gasteiger partial charge in [-0.1, -0.05) is 137 Å². The van der Waals surface area contributed by atoms with Crippen LogP contribution in [-0.2, 0) is 6.42 Å². The Labute approximate surface area is 232 Å². The maximum atomic E-state index is 13.4. The molecule has 0 unspecified atom stereocenters. The molecule has 0 spiro atoms. The minimum absolute atomic E-state index is 0.179. The van der Waals surface area contributed by atoms with Crippen LogP contribution in [0.15, 0.2) is 96.6 Å². The summed E-state index contributed by atoms with van der Waals surface area (Å²) in [4.78, 5) is 0. The molecule has 0 saturated carbocycles. The summed E-state index contributed by atoms with van der Waals surface area (Å²) in [5, 5.41) is 0. The maximum absolute atomic E-state index is 13.4. The Morgan fingerprint density at radius 2 is 1.45 bits per heavy atom. The number of hydrogen-bond acceptors (Lipinski definition) is 0. The molecular formula is C37H47F. The third kappa shape index (κ3) is 10.3. The quantitative estimate of drug-likeness (QED) is 0.225. The van der Waals surface area contributed by atoms with E-state index in [4.69, 9.17) is 0 Å². The molecule has 0 heterocycles. The van der Waals surface area contributed by atoms with E-state index in [1.54, 1.807) is 12.1 Å². The molecule has 1 heteroatoms. The molecule has 0 N–H and O–H groups in total. The van der Waals surface area contributed by atoms with E-state index in [0.717, 1.165) is 37.7 Å². The predicted octanol–water partition coefficient (Wildman–Crippen LogP) is 11.4. The molecule has 3 rings (SSSR count). The van der Waals surface area contributed by atoms with Crippen LogP contribution in [0.1, 0.15) is 94.5 Å². The summed E-state index contributed by atoms with van der Waals surface area (Å²) in [7, 11) is 0. The van der Waals surface area contributed by atoms with E-state index in [9.17, 15) is 4.39 Å². The first-order chi connectivity index (χ1) is 18.3. The van der Waals surface area contributed by atoms with E-state index in [2.05, 4.69) is 109 Å². The van der Waals surface area contributed by atoms with Crippen molar-refractivity contribution in [1.82, 2.24) is 0 Å². The van der Waals surface area contributed by atoms with E-state index >= 15 is 0 Å². The molecule has 0 nitrogen and oxygen atoms in total. The molecule has 0 fully saturated rings. The molecule has 0 aliphatic heterocycles. The standard InChI is InChI=1S/C23H29F.C14H18/c1-5-6-19(10-7-17(2)3)23(20-11-8-18(4)9-12-20)21-13-15-22(24)16-14-21;1-4-12(3)10-11-14-9-7-6-8-13(14)5-2/h8-9,11-17H,5-7,10H2,1-4H3;6-11H,3-5H2,1-2H3/b23-19-;11-10-. The lowest BCUT2D eigenvalue weighted by molar-refractivity contribution is 0.576. The Hall–Kier alpha value is -3.19. The second-order valence-electron chi connectivity index (χ2n) is 10.4. The molecule has 0 amide bonds. The van der Waals surface area contributed by atoms with Gasteiger partial charge in [-0.25, -0.2) is 4.39 Å². The zero-order valence-corrected chi connectivity index (χ0v) is 24.5. The van der Waals surface area contributed by atoms with Crippen LogP contribution in [0.25, 0.3) is 11.6 Å². The zero-order valence-electron chi connectivity index (χ0n) is 24.5. The molecule has 202 valence electrons. The fourth-order valence-corrected chi connectivity index (χ4v) is 4.40. The Kier molecular flexibility index (Phi) is 13.6. The van der Waals surface area contributed by atoms with Crippen molar-refractivity contribution in [2.24, 2.45) is 5.92 Å². The molecule has 0 aliphatic carbocycles. The SMILES string of the molecule is C=C(/C=C\c1ccccc1CC)CC.CCC/C(CCC(C)C)=C(\c1ccc(C)cc1)c1ccc(F)cc1. The first kappa shape index (κ1) is 31.0. The van der Waals surface area contributed by atoms with Gasteiger partial charge in [-0.15, -0.1) is 0 Å². The van der Waals surface area contributed by atoms with Crippen molar-refractivity contribution >= 4 is 11.6 Å². The van der Waals surface area contributed by atoms with Crippen LogP contribution in [0.4, 0.5) is 4.39 Å². The normalized spacial score (nSPS) is 11.8. The third-order valence-corrected chi connectivity index (χ3v) is 6.79. The molecule has 0 atom stereocenters. The summed E-state index contributed by atoms with van der Waals surface area (Å²) < 4.78 is 13.4. The monoisotopic (exact) mass is 510 g/mol. The fraction of sp³-hybridized carbons (Fsp3) is 0.351. The lowest BCUT2D eigenvalue weighted by Crippen LogP contribution is -1.98. The minimum Gasteiger partial charge on any atom is -0.207 e. The maximum Gasteiger partial charge on any atom is 0.123 e. The average Bonchev–Trinajstić information content (AvgIpc) is 2.93. The summed E-state index contributed by atoms with van der Waals surface area (Å²) >= 11 is 0. The van der Waals surface area contributed by atoms with E-state index in [1.807, 2.05) is 12.1 Å². The molecule has 0 saturated heterocycles. The Morgan fingerprint density at radius 1 is 0.842 bits per heavy atom. The van der Waals surface area contributed by atoms with Crippen LogP contribution in [0, 0.1) is 18.7 Å². The van der Waals surface area contributed by atoms with Crippen molar-refractivity contribution in [1.29, 1.82) is 0 Å². The van der Waals surface area contributed by atoms with Crippen molar-refractivity contribution in [2.75, 3.05) is 0 Å². The first-order valence-electron chi connectivity index (χ1n) is 14.3. The molecule has 0 aliphatic rings. The topological polar surface area (TPSA) is 0 Å². The lowest BCUT2D eigenvalue weighted by Gasteiger charge is -2.18. The summed E-state index contributed by atoms with van der Waals surface area (Å²) in [6.45, 7) is 17.1. The molecule has 3 aromatic rings. The van der Waals surface area contributed by atoms with Gasteiger partial charge in [0.05, 0.1) is 0 Å². The Balaban J connectivity index is 0.000000308. The minimum atomic E-state index is -0.179. The number of hydrogen-bond donors (Lipinski definition) is 0. The molecule has 0 aromatic heterocycles. The fourth-order valence-electron chi connectivity index (χ4n) is 4.40. The molecule has 3 aromatic carbocycles. The van der Waals surface area contributed by atoms with Crippen molar-refractivity contribution in [3.63, 3.8) is 0 Å². The van der Waals surface area contributed by atoms with Gasteiger partial charge in [-0.05, 0) is 84.9 Å². The first-order valence-corrected chi connectivity index (χ1v) is 14.3. The highest BCUT2D eigenvalue weighted by Crippen LogP contribution is 2.32. The van der Waals surface area contributed by atoms with Crippen molar-refractivity contribution in [3.8, 4) is 0 Å². The van der Waals surface area contributed by atoms with Gasteiger partial charge in [-0.3, -0.25) is 0 Å². The second-order valence-corrected chi connectivity index (χ2v) is 10.4. The number of aryl methyl sites for hydroxylation is 2. The zero-order chi connectivity index (χ0) is 27.9. The van der Waals surface area contributed by atoms with Gasteiger partial charge < -0.3 is 0 Å². The van der Waals surface area contributed by atoms with Crippen LogP contribution in [0.5, 0.6) is 0 Å². The van der Waals surface area contributed by atoms with Crippen molar-refractivity contribution in [2.45, 2.75) is 80.1 Å². The van der Waals surface area contributed by atoms with Gasteiger partial charge in [0.15, 0.2) is 0 Å². The largest absolute Gasteiger partial charge is 0.207 e. The molecular weight excluding hydrogens is 463 g/mol. The van der Waals surface area contributed by atoms with Gasteiger partial charge in [0.25, 0.3) is 0 Å². The number of halogens is 1. The predicted molar refractivity (Wildman–Crippen MR) is 167 cm³/mol. The highest BCUT2D eigenvalue weighted by atomic mass is 19.1. The van der Waals surface area contributed by atoms with Gasteiger partial charge >= 0.3 is 0 Å². The van der Waals surface area contributed by atoms with Gasteiger partial charge in [-0.2, -0.15) is 0 Å². The van der Waals surface area contributed by atoms with E-state index in [1.165, 1.54) is 45.4 Å². The van der Waals surface area contributed by atoms with Crippen LogP contribution >= 0.6 is 0 Å². The van der Waals surface area contributed by atoms with Gasteiger partial charge in [0, 0.05) is 0 Å². The number of allylic oxidation sites excluding steroid dienone is 3. The van der Waals surface area contributed by atoms with Crippen LogP contribution in [-0.4, -0.2) is 0 Å². The summed E-state index contributed by atoms with van der Waals surface area (Å²) in [6, 6.07) is 24.1. The average molecular weight is 511 g/mol. The lowest BCUT2D eigenvalue weighted by atomic mass is 9.87. The Morgan fingerprint density at radius 3 is 2.00 bits per heavy atom. The van der Waals surface area contributed by atoms with Crippen molar-refractivity contribution in [3.05, 3.63) is 130 Å². The molecule has 0 bridgehead atoms. The number of rotatable bonds is 11. The summed E-state index contributed by atoms with van der Waals surface area (Å²) in [5.41, 5.74) is 10.3. The molecule has 0 radical (unpaired) electrons. The van der Waals surface area contributed by atoms with E-state index in [0.29, 0.717) is 5.92 Å².